The average Bonchev–Trinajstić information content (AvgIpc) is 2.85. The molecule has 0 bridgehead atoms. The molecule has 2 heterocycles. The van der Waals surface area contributed by atoms with E-state index < -0.39 is 5.97 Å². The van der Waals surface area contributed by atoms with Crippen LogP contribution in [0.3, 0.4) is 0 Å². The molecule has 0 atom stereocenters. The van der Waals surface area contributed by atoms with Crippen LogP contribution in [0.1, 0.15) is 5.56 Å². The fourth-order valence-corrected chi connectivity index (χ4v) is 2.06. The Morgan fingerprint density at radius 1 is 1.35 bits per heavy atom. The number of aromatic amines is 1. The number of rotatable bonds is 3. The molecule has 7 nitrogen and oxygen atoms in total. The lowest BCUT2D eigenvalue weighted by atomic mass is 10.1. The molecule has 4 N–H and O–H groups in total. The smallest absolute Gasteiger partial charge is 0.307 e. The van der Waals surface area contributed by atoms with Crippen molar-refractivity contribution in [1.82, 2.24) is 19.9 Å². The maximum atomic E-state index is 10.8. The maximum Gasteiger partial charge on any atom is 0.307 e. The number of aromatic nitrogens is 4. The molecule has 3 rings (SSSR count). The number of benzene rings is 1. The predicted octanol–water partition coefficient (Wildman–Crippen LogP) is 1.23. The van der Waals surface area contributed by atoms with E-state index in [1.807, 2.05) is 6.07 Å². The van der Waals surface area contributed by atoms with E-state index in [1.54, 1.807) is 18.2 Å². The van der Waals surface area contributed by atoms with Crippen molar-refractivity contribution >= 4 is 23.1 Å². The topological polar surface area (TPSA) is 118 Å². The number of anilines is 1. The summed E-state index contributed by atoms with van der Waals surface area (Å²) in [5.74, 6) is -0.751. The summed E-state index contributed by atoms with van der Waals surface area (Å²) in [4.78, 5) is 26.0. The molecule has 1 aromatic carbocycles. The first-order valence-electron chi connectivity index (χ1n) is 5.91. The number of H-pyrrole nitrogens is 1. The summed E-state index contributed by atoms with van der Waals surface area (Å²) >= 11 is 0. The van der Waals surface area contributed by atoms with Crippen LogP contribution in [0.25, 0.3) is 22.4 Å². The summed E-state index contributed by atoms with van der Waals surface area (Å²) < 4.78 is 0. The highest BCUT2D eigenvalue weighted by Crippen LogP contribution is 2.25. The highest BCUT2D eigenvalue weighted by Gasteiger charge is 2.11. The first-order chi connectivity index (χ1) is 9.63. The van der Waals surface area contributed by atoms with Crippen LogP contribution in [0.15, 0.2) is 30.6 Å². The number of nitrogens with two attached hydrogens (primary N) is 1. The number of imidazole rings is 1. The molecule has 0 unspecified atom stereocenters. The van der Waals surface area contributed by atoms with Crippen LogP contribution < -0.4 is 5.73 Å². The van der Waals surface area contributed by atoms with Gasteiger partial charge in [-0.1, -0.05) is 18.2 Å². The third-order valence-electron chi connectivity index (χ3n) is 2.86. The zero-order chi connectivity index (χ0) is 14.1. The minimum Gasteiger partial charge on any atom is -0.481 e. The number of carbonyl (C=O) groups is 1. The number of carboxylic acid groups (broad SMARTS) is 1. The third-order valence-corrected chi connectivity index (χ3v) is 2.86. The van der Waals surface area contributed by atoms with E-state index in [0.29, 0.717) is 22.4 Å². The number of aliphatic carboxylic acids is 1. The van der Waals surface area contributed by atoms with Gasteiger partial charge in [-0.05, 0) is 11.6 Å². The lowest BCUT2D eigenvalue weighted by molar-refractivity contribution is -0.136. The Hall–Kier alpha value is -2.96. The van der Waals surface area contributed by atoms with Crippen molar-refractivity contribution in [3.8, 4) is 11.3 Å². The van der Waals surface area contributed by atoms with Crippen molar-refractivity contribution in [1.29, 1.82) is 0 Å². The summed E-state index contributed by atoms with van der Waals surface area (Å²) in [7, 11) is 0. The van der Waals surface area contributed by atoms with Gasteiger partial charge in [-0.15, -0.1) is 0 Å². The Morgan fingerprint density at radius 3 is 3.00 bits per heavy atom. The SMILES string of the molecule is Nc1nc(-c2cccc(CC(=O)O)c2)c2[nH]cnc2n1. The average molecular weight is 269 g/mol. The van der Waals surface area contributed by atoms with Gasteiger partial charge in [0.25, 0.3) is 0 Å². The van der Waals surface area contributed by atoms with E-state index in [2.05, 4.69) is 19.9 Å². The molecule has 0 saturated heterocycles. The van der Waals surface area contributed by atoms with Crippen LogP contribution in [0.4, 0.5) is 5.95 Å². The highest BCUT2D eigenvalue weighted by atomic mass is 16.4. The van der Waals surface area contributed by atoms with Crippen LogP contribution in [0, 0.1) is 0 Å². The molecule has 0 aliphatic heterocycles. The molecule has 7 heteroatoms. The van der Waals surface area contributed by atoms with Crippen LogP contribution in [0.2, 0.25) is 0 Å². The molecular weight excluding hydrogens is 258 g/mol. The molecule has 100 valence electrons. The van der Waals surface area contributed by atoms with Crippen LogP contribution in [-0.2, 0) is 11.2 Å². The number of hydrogen-bond acceptors (Lipinski definition) is 5. The van der Waals surface area contributed by atoms with Crippen molar-refractivity contribution < 1.29 is 9.90 Å². The molecule has 20 heavy (non-hydrogen) atoms. The zero-order valence-electron chi connectivity index (χ0n) is 10.4. The van der Waals surface area contributed by atoms with Gasteiger partial charge in [-0.2, -0.15) is 4.98 Å². The largest absolute Gasteiger partial charge is 0.481 e. The predicted molar refractivity (Wildman–Crippen MR) is 72.9 cm³/mol. The van der Waals surface area contributed by atoms with Gasteiger partial charge >= 0.3 is 5.97 Å². The number of nitrogens with one attached hydrogen (secondary N) is 1. The molecule has 3 aromatic rings. The second-order valence-electron chi connectivity index (χ2n) is 4.30. The van der Waals surface area contributed by atoms with Crippen molar-refractivity contribution in [2.75, 3.05) is 5.73 Å². The van der Waals surface area contributed by atoms with Gasteiger partial charge in [0, 0.05) is 5.56 Å². The molecule has 0 aliphatic rings. The Labute approximate surface area is 113 Å². The minimum absolute atomic E-state index is 0.0411. The van der Waals surface area contributed by atoms with E-state index in [-0.39, 0.29) is 12.4 Å². The van der Waals surface area contributed by atoms with Gasteiger partial charge < -0.3 is 15.8 Å². The Balaban J connectivity index is 2.15. The first kappa shape index (κ1) is 12.1. The van der Waals surface area contributed by atoms with E-state index in [4.69, 9.17) is 10.8 Å². The van der Waals surface area contributed by atoms with Gasteiger partial charge in [0.15, 0.2) is 5.65 Å². The molecule has 0 spiro atoms. The molecule has 0 amide bonds. The van der Waals surface area contributed by atoms with Crippen LogP contribution >= 0.6 is 0 Å². The monoisotopic (exact) mass is 269 g/mol. The van der Waals surface area contributed by atoms with Gasteiger partial charge in [0.05, 0.1) is 12.7 Å². The van der Waals surface area contributed by atoms with E-state index >= 15 is 0 Å². The fraction of sp³-hybridized carbons (Fsp3) is 0.0769. The molecule has 0 fully saturated rings. The standard InChI is InChI=1S/C13H11N5O2/c14-13-17-10(11-12(18-13)16-6-15-11)8-3-1-2-7(4-8)5-9(19)20/h1-4,6H,5H2,(H,19,20)(H3,14,15,16,17,18). The van der Waals surface area contributed by atoms with Gasteiger partial charge in [-0.25, -0.2) is 9.97 Å². The number of fused-ring (bicyclic) bond motifs is 1. The maximum absolute atomic E-state index is 10.8. The summed E-state index contributed by atoms with van der Waals surface area (Å²) in [6.07, 6.45) is 1.48. The van der Waals surface area contributed by atoms with E-state index in [9.17, 15) is 4.79 Å². The molecule has 0 radical (unpaired) electrons. The van der Waals surface area contributed by atoms with Crippen molar-refractivity contribution in [3.05, 3.63) is 36.2 Å². The molecular formula is C13H11N5O2. The minimum atomic E-state index is -0.879. The number of nitrogen functional groups attached to an aromatic ring is 1. The summed E-state index contributed by atoms with van der Waals surface area (Å²) in [6, 6.07) is 7.16. The van der Waals surface area contributed by atoms with Gasteiger partial charge in [0.1, 0.15) is 11.2 Å². The Morgan fingerprint density at radius 2 is 2.20 bits per heavy atom. The molecule has 2 aromatic heterocycles. The van der Waals surface area contributed by atoms with Crippen molar-refractivity contribution in [3.63, 3.8) is 0 Å². The third kappa shape index (κ3) is 2.16. The summed E-state index contributed by atoms with van der Waals surface area (Å²) in [6.45, 7) is 0. The van der Waals surface area contributed by atoms with Crippen LogP contribution in [0.5, 0.6) is 0 Å². The summed E-state index contributed by atoms with van der Waals surface area (Å²) in [5, 5.41) is 8.85. The number of carboxylic acids is 1. The fourth-order valence-electron chi connectivity index (χ4n) is 2.06. The lowest BCUT2D eigenvalue weighted by Crippen LogP contribution is -2.01. The molecule has 0 aliphatic carbocycles. The van der Waals surface area contributed by atoms with E-state index in [0.717, 1.165) is 5.56 Å². The van der Waals surface area contributed by atoms with Crippen LogP contribution in [-0.4, -0.2) is 31.0 Å². The summed E-state index contributed by atoms with van der Waals surface area (Å²) in [5.41, 5.74) is 8.90. The van der Waals surface area contributed by atoms with Crippen molar-refractivity contribution in [2.45, 2.75) is 6.42 Å². The first-order valence-corrected chi connectivity index (χ1v) is 5.91. The second kappa shape index (κ2) is 4.61. The van der Waals surface area contributed by atoms with Gasteiger partial charge in [0.2, 0.25) is 5.95 Å². The Bertz CT molecular complexity index is 796. The quantitative estimate of drug-likeness (QED) is 0.658. The lowest BCUT2D eigenvalue weighted by Gasteiger charge is -2.05. The van der Waals surface area contributed by atoms with Crippen molar-refractivity contribution in [2.24, 2.45) is 0 Å². The zero-order valence-corrected chi connectivity index (χ0v) is 10.4. The second-order valence-corrected chi connectivity index (χ2v) is 4.30. The number of hydrogen-bond donors (Lipinski definition) is 3. The highest BCUT2D eigenvalue weighted by molar-refractivity contribution is 5.88. The van der Waals surface area contributed by atoms with E-state index in [1.165, 1.54) is 6.33 Å². The van der Waals surface area contributed by atoms with Gasteiger partial charge in [-0.3, -0.25) is 4.79 Å². The Kier molecular flexibility index (Phi) is 2.79. The normalized spacial score (nSPS) is 10.8. The number of nitrogens with zero attached hydrogens (tertiary/aromatic N) is 3. The molecule has 0 saturated carbocycles.